The first kappa shape index (κ1) is 14.1. The summed E-state index contributed by atoms with van der Waals surface area (Å²) in [7, 11) is 0. The van der Waals surface area contributed by atoms with E-state index in [1.54, 1.807) is 25.1 Å². The summed E-state index contributed by atoms with van der Waals surface area (Å²) in [6.45, 7) is 1.78. The molecule has 1 aliphatic rings. The minimum Gasteiger partial charge on any atom is -0.388 e. The van der Waals surface area contributed by atoms with E-state index in [1.807, 2.05) is 18.2 Å². The van der Waals surface area contributed by atoms with Crippen molar-refractivity contribution >= 4 is 5.69 Å². The lowest BCUT2D eigenvalue weighted by atomic mass is 9.83. The highest BCUT2D eigenvalue weighted by Crippen LogP contribution is 2.31. The van der Waals surface area contributed by atoms with Gasteiger partial charge in [0.05, 0.1) is 11.6 Å². The molecule has 0 amide bonds. The highest BCUT2D eigenvalue weighted by atomic mass is 19.1. The van der Waals surface area contributed by atoms with E-state index in [4.69, 9.17) is 0 Å². The standard InChI is InChI=1S/C18H20FNO/c1-18(21,12-14-7-2-4-8-15(14)19)17-11-10-13-6-3-5-9-16(13)20-17/h2-9,17,20-21H,10-12H2,1H3. The van der Waals surface area contributed by atoms with Crippen LogP contribution in [-0.2, 0) is 12.8 Å². The van der Waals surface area contributed by atoms with Crippen LogP contribution in [0.5, 0.6) is 0 Å². The number of fused-ring (bicyclic) bond motifs is 1. The summed E-state index contributed by atoms with van der Waals surface area (Å²) in [5.41, 5.74) is 1.91. The van der Waals surface area contributed by atoms with Gasteiger partial charge in [0.15, 0.2) is 0 Å². The number of nitrogens with one attached hydrogen (secondary N) is 1. The van der Waals surface area contributed by atoms with Crippen LogP contribution in [0.15, 0.2) is 48.5 Å². The van der Waals surface area contributed by atoms with Crippen LogP contribution in [0.4, 0.5) is 10.1 Å². The number of hydrogen-bond donors (Lipinski definition) is 2. The molecule has 2 aromatic carbocycles. The molecule has 0 bridgehead atoms. The van der Waals surface area contributed by atoms with Gasteiger partial charge < -0.3 is 10.4 Å². The van der Waals surface area contributed by atoms with Crippen molar-refractivity contribution in [1.29, 1.82) is 0 Å². The maximum Gasteiger partial charge on any atom is 0.126 e. The van der Waals surface area contributed by atoms with Crippen LogP contribution in [-0.4, -0.2) is 16.7 Å². The van der Waals surface area contributed by atoms with E-state index in [0.29, 0.717) is 12.0 Å². The number of hydrogen-bond acceptors (Lipinski definition) is 2. The lowest BCUT2D eigenvalue weighted by Gasteiger charge is -2.38. The van der Waals surface area contributed by atoms with E-state index in [2.05, 4.69) is 11.4 Å². The molecule has 0 aliphatic carbocycles. The molecular weight excluding hydrogens is 265 g/mol. The Morgan fingerprint density at radius 2 is 1.90 bits per heavy atom. The number of para-hydroxylation sites is 1. The maximum atomic E-state index is 13.8. The van der Waals surface area contributed by atoms with Gasteiger partial charge in [0, 0.05) is 12.1 Å². The van der Waals surface area contributed by atoms with Crippen molar-refractivity contribution in [3.63, 3.8) is 0 Å². The maximum absolute atomic E-state index is 13.8. The van der Waals surface area contributed by atoms with Crippen molar-refractivity contribution in [2.45, 2.75) is 37.8 Å². The van der Waals surface area contributed by atoms with E-state index in [-0.39, 0.29) is 11.9 Å². The Balaban J connectivity index is 1.79. The van der Waals surface area contributed by atoms with Crippen molar-refractivity contribution in [3.8, 4) is 0 Å². The Labute approximate surface area is 124 Å². The molecule has 0 radical (unpaired) electrons. The van der Waals surface area contributed by atoms with Crippen molar-refractivity contribution in [2.75, 3.05) is 5.32 Å². The van der Waals surface area contributed by atoms with Gasteiger partial charge in [0.25, 0.3) is 0 Å². The summed E-state index contributed by atoms with van der Waals surface area (Å²) >= 11 is 0. The molecule has 2 N–H and O–H groups in total. The Morgan fingerprint density at radius 3 is 2.71 bits per heavy atom. The molecule has 1 aliphatic heterocycles. The first-order chi connectivity index (χ1) is 10.1. The number of halogens is 1. The molecule has 1 heterocycles. The predicted molar refractivity (Wildman–Crippen MR) is 82.9 cm³/mol. The number of anilines is 1. The van der Waals surface area contributed by atoms with Crippen molar-refractivity contribution in [2.24, 2.45) is 0 Å². The molecule has 0 aromatic heterocycles. The fourth-order valence-corrected chi connectivity index (χ4v) is 3.06. The van der Waals surface area contributed by atoms with Gasteiger partial charge in [-0.15, -0.1) is 0 Å². The predicted octanol–water partition coefficient (Wildman–Crippen LogP) is 3.55. The van der Waals surface area contributed by atoms with Gasteiger partial charge >= 0.3 is 0 Å². The van der Waals surface area contributed by atoms with E-state index in [1.165, 1.54) is 11.6 Å². The zero-order chi connectivity index (χ0) is 14.9. The molecule has 2 aromatic rings. The Morgan fingerprint density at radius 1 is 1.19 bits per heavy atom. The summed E-state index contributed by atoms with van der Waals surface area (Å²) in [5.74, 6) is -0.256. The quantitative estimate of drug-likeness (QED) is 0.904. The van der Waals surface area contributed by atoms with Crippen molar-refractivity contribution in [1.82, 2.24) is 0 Å². The third-order valence-electron chi connectivity index (χ3n) is 4.31. The molecule has 0 saturated heterocycles. The van der Waals surface area contributed by atoms with Crippen LogP contribution < -0.4 is 5.32 Å². The lowest BCUT2D eigenvalue weighted by molar-refractivity contribution is 0.0355. The highest BCUT2D eigenvalue weighted by molar-refractivity contribution is 5.54. The van der Waals surface area contributed by atoms with E-state index >= 15 is 0 Å². The largest absolute Gasteiger partial charge is 0.388 e. The smallest absolute Gasteiger partial charge is 0.126 e. The zero-order valence-corrected chi connectivity index (χ0v) is 12.1. The molecule has 0 spiro atoms. The van der Waals surface area contributed by atoms with Gasteiger partial charge in [-0.1, -0.05) is 36.4 Å². The molecule has 21 heavy (non-hydrogen) atoms. The summed E-state index contributed by atoms with van der Waals surface area (Å²) in [6, 6.07) is 14.7. The molecule has 2 atom stereocenters. The monoisotopic (exact) mass is 285 g/mol. The van der Waals surface area contributed by atoms with E-state index in [9.17, 15) is 9.50 Å². The van der Waals surface area contributed by atoms with Crippen LogP contribution in [0.2, 0.25) is 0 Å². The topological polar surface area (TPSA) is 32.3 Å². The van der Waals surface area contributed by atoms with Gasteiger partial charge in [-0.05, 0) is 43.0 Å². The minimum atomic E-state index is -0.990. The van der Waals surface area contributed by atoms with E-state index in [0.717, 1.165) is 18.5 Å². The zero-order valence-electron chi connectivity index (χ0n) is 12.1. The second-order valence-electron chi connectivity index (χ2n) is 6.02. The molecule has 3 rings (SSSR count). The van der Waals surface area contributed by atoms with Crippen LogP contribution >= 0.6 is 0 Å². The van der Waals surface area contributed by atoms with Crippen LogP contribution in [0.25, 0.3) is 0 Å². The fraction of sp³-hybridized carbons (Fsp3) is 0.333. The molecule has 0 fully saturated rings. The highest BCUT2D eigenvalue weighted by Gasteiger charge is 2.34. The Hall–Kier alpha value is -1.87. The van der Waals surface area contributed by atoms with Crippen LogP contribution in [0.1, 0.15) is 24.5 Å². The summed E-state index contributed by atoms with van der Waals surface area (Å²) in [6.07, 6.45) is 2.08. The Kier molecular flexibility index (Phi) is 3.68. The first-order valence-corrected chi connectivity index (χ1v) is 7.36. The van der Waals surface area contributed by atoms with Gasteiger partial charge in [-0.3, -0.25) is 0 Å². The van der Waals surface area contributed by atoms with Gasteiger partial charge in [-0.2, -0.15) is 0 Å². The fourth-order valence-electron chi connectivity index (χ4n) is 3.06. The van der Waals surface area contributed by atoms with Crippen molar-refractivity contribution < 1.29 is 9.50 Å². The third kappa shape index (κ3) is 2.93. The third-order valence-corrected chi connectivity index (χ3v) is 4.31. The molecule has 2 unspecified atom stereocenters. The van der Waals surface area contributed by atoms with Gasteiger partial charge in [0.2, 0.25) is 0 Å². The average Bonchev–Trinajstić information content (AvgIpc) is 2.49. The normalized spacial score (nSPS) is 20.2. The van der Waals surface area contributed by atoms with Crippen molar-refractivity contribution in [3.05, 3.63) is 65.5 Å². The summed E-state index contributed by atoms with van der Waals surface area (Å²) in [5, 5.41) is 14.2. The first-order valence-electron chi connectivity index (χ1n) is 7.36. The molecule has 110 valence electrons. The second-order valence-corrected chi connectivity index (χ2v) is 6.02. The molecule has 2 nitrogen and oxygen atoms in total. The molecule has 3 heteroatoms. The number of aliphatic hydroxyl groups is 1. The Bertz CT molecular complexity index is 639. The summed E-state index contributed by atoms with van der Waals surface area (Å²) in [4.78, 5) is 0. The van der Waals surface area contributed by atoms with Gasteiger partial charge in [0.1, 0.15) is 5.82 Å². The second kappa shape index (κ2) is 5.49. The van der Waals surface area contributed by atoms with Crippen LogP contribution in [0.3, 0.4) is 0 Å². The number of rotatable bonds is 3. The lowest BCUT2D eigenvalue weighted by Crippen LogP contribution is -2.48. The molecular formula is C18H20FNO. The number of benzene rings is 2. The molecule has 0 saturated carbocycles. The van der Waals surface area contributed by atoms with E-state index < -0.39 is 5.60 Å². The SMILES string of the molecule is CC(O)(Cc1ccccc1F)C1CCc2ccccc2N1. The minimum absolute atomic E-state index is 0.0768. The van der Waals surface area contributed by atoms with Crippen LogP contribution in [0, 0.1) is 5.82 Å². The average molecular weight is 285 g/mol. The number of aryl methyl sites for hydroxylation is 1. The van der Waals surface area contributed by atoms with Gasteiger partial charge in [-0.25, -0.2) is 4.39 Å². The summed E-state index contributed by atoms with van der Waals surface area (Å²) < 4.78 is 13.8.